The Morgan fingerprint density at radius 1 is 1.06 bits per heavy atom. The molecular formula is C27H34N4O4. The zero-order valence-electron chi connectivity index (χ0n) is 20.7. The Morgan fingerprint density at radius 2 is 1.80 bits per heavy atom. The minimum atomic E-state index is -0.588. The van der Waals surface area contributed by atoms with Crippen LogP contribution in [0.25, 0.3) is 17.5 Å². The number of ether oxygens (including phenoxy) is 2. The largest absolute Gasteiger partial charge is 0.493 e. The summed E-state index contributed by atoms with van der Waals surface area (Å²) >= 11 is 0. The van der Waals surface area contributed by atoms with Crippen molar-refractivity contribution in [3.05, 3.63) is 65.6 Å². The smallest absolute Gasteiger partial charge is 0.241 e. The van der Waals surface area contributed by atoms with Gasteiger partial charge in [0.25, 0.3) is 0 Å². The molecule has 0 amide bonds. The number of methoxy groups -OCH3 is 1. The molecule has 1 aromatic heterocycles. The van der Waals surface area contributed by atoms with Crippen molar-refractivity contribution in [2.45, 2.75) is 26.5 Å². The standard InChI is InChI=1S/C27H34N4O4/c1-4-5-21-8-11-24(25(16-21)33-3)34-19-23(32)17-30-12-14-31(15-13-30)18-26-28-27(29-35-26)22-9-6-20(2)7-10-22/h4-11,16,23,32H,12-15,17-19H2,1-3H3/b5-4+. The van der Waals surface area contributed by atoms with Crippen LogP contribution in [0.3, 0.4) is 0 Å². The van der Waals surface area contributed by atoms with Crippen LogP contribution >= 0.6 is 0 Å². The summed E-state index contributed by atoms with van der Waals surface area (Å²) in [4.78, 5) is 9.10. The van der Waals surface area contributed by atoms with E-state index < -0.39 is 6.10 Å². The predicted molar refractivity (Wildman–Crippen MR) is 135 cm³/mol. The number of piperazine rings is 1. The lowest BCUT2D eigenvalue weighted by Crippen LogP contribution is -2.48. The molecule has 35 heavy (non-hydrogen) atoms. The van der Waals surface area contributed by atoms with Crippen molar-refractivity contribution in [2.75, 3.05) is 46.4 Å². The van der Waals surface area contributed by atoms with Gasteiger partial charge in [0.1, 0.15) is 12.7 Å². The molecule has 3 aromatic rings. The van der Waals surface area contributed by atoms with Crippen molar-refractivity contribution >= 4 is 6.08 Å². The number of rotatable bonds is 10. The van der Waals surface area contributed by atoms with Crippen LogP contribution in [0, 0.1) is 6.92 Å². The number of nitrogens with zero attached hydrogens (tertiary/aromatic N) is 4. The first kappa shape index (κ1) is 24.9. The number of aryl methyl sites for hydroxylation is 1. The molecule has 1 unspecified atom stereocenters. The highest BCUT2D eigenvalue weighted by Crippen LogP contribution is 2.28. The van der Waals surface area contributed by atoms with Gasteiger partial charge in [-0.05, 0) is 31.5 Å². The molecule has 1 atom stereocenters. The van der Waals surface area contributed by atoms with Gasteiger partial charge in [-0.25, -0.2) is 0 Å². The maximum atomic E-state index is 10.5. The van der Waals surface area contributed by atoms with Gasteiger partial charge in [0.05, 0.1) is 13.7 Å². The molecule has 1 saturated heterocycles. The van der Waals surface area contributed by atoms with E-state index in [0.29, 0.717) is 36.3 Å². The van der Waals surface area contributed by atoms with Crippen molar-refractivity contribution < 1.29 is 19.1 Å². The molecule has 0 spiro atoms. The predicted octanol–water partition coefficient (Wildman–Crippen LogP) is 3.64. The molecule has 0 bridgehead atoms. The third kappa shape index (κ3) is 6.91. The quantitative estimate of drug-likeness (QED) is 0.473. The van der Waals surface area contributed by atoms with Crippen LogP contribution in [-0.2, 0) is 6.54 Å². The second-order valence-corrected chi connectivity index (χ2v) is 8.83. The van der Waals surface area contributed by atoms with Crippen LogP contribution in [0.2, 0.25) is 0 Å². The summed E-state index contributed by atoms with van der Waals surface area (Å²) in [6.45, 7) is 8.88. The molecular weight excluding hydrogens is 444 g/mol. The Kier molecular flexibility index (Phi) is 8.52. The molecule has 8 heteroatoms. The number of hydrogen-bond acceptors (Lipinski definition) is 8. The topological polar surface area (TPSA) is 84.1 Å². The minimum Gasteiger partial charge on any atom is -0.493 e. The fourth-order valence-corrected chi connectivity index (χ4v) is 4.10. The van der Waals surface area contributed by atoms with Crippen LogP contribution in [0.4, 0.5) is 0 Å². The lowest BCUT2D eigenvalue weighted by Gasteiger charge is -2.34. The van der Waals surface area contributed by atoms with Crippen molar-refractivity contribution in [1.82, 2.24) is 19.9 Å². The molecule has 1 N–H and O–H groups in total. The van der Waals surface area contributed by atoms with Crippen molar-refractivity contribution in [3.8, 4) is 22.9 Å². The van der Waals surface area contributed by atoms with Gasteiger partial charge in [-0.3, -0.25) is 9.80 Å². The molecule has 8 nitrogen and oxygen atoms in total. The van der Waals surface area contributed by atoms with E-state index in [4.69, 9.17) is 14.0 Å². The fourth-order valence-electron chi connectivity index (χ4n) is 4.10. The van der Waals surface area contributed by atoms with Crippen LogP contribution in [0.15, 0.2) is 53.1 Å². The van der Waals surface area contributed by atoms with E-state index in [0.717, 1.165) is 37.3 Å². The van der Waals surface area contributed by atoms with E-state index in [9.17, 15) is 5.11 Å². The zero-order chi connectivity index (χ0) is 24.6. The molecule has 1 aliphatic rings. The summed E-state index contributed by atoms with van der Waals surface area (Å²) in [5, 5.41) is 14.7. The monoisotopic (exact) mass is 478 g/mol. The van der Waals surface area contributed by atoms with Gasteiger partial charge < -0.3 is 19.1 Å². The van der Waals surface area contributed by atoms with E-state index in [2.05, 4.69) is 26.9 Å². The first-order chi connectivity index (χ1) is 17.0. The van der Waals surface area contributed by atoms with Gasteiger partial charge in [-0.1, -0.05) is 53.2 Å². The Bertz CT molecular complexity index is 1100. The fraction of sp³-hybridized carbons (Fsp3) is 0.407. The molecule has 0 aliphatic carbocycles. The van der Waals surface area contributed by atoms with Crippen LogP contribution in [0.1, 0.15) is 23.9 Å². The van der Waals surface area contributed by atoms with E-state index in [1.54, 1.807) is 7.11 Å². The van der Waals surface area contributed by atoms with E-state index in [-0.39, 0.29) is 6.61 Å². The maximum Gasteiger partial charge on any atom is 0.241 e. The minimum absolute atomic E-state index is 0.212. The molecule has 0 saturated carbocycles. The molecule has 1 fully saturated rings. The molecule has 1 aliphatic heterocycles. The summed E-state index contributed by atoms with van der Waals surface area (Å²) in [7, 11) is 1.62. The zero-order valence-corrected chi connectivity index (χ0v) is 20.7. The summed E-state index contributed by atoms with van der Waals surface area (Å²) in [6.07, 6.45) is 3.39. The second-order valence-electron chi connectivity index (χ2n) is 8.83. The maximum absolute atomic E-state index is 10.5. The van der Waals surface area contributed by atoms with Crippen LogP contribution in [-0.4, -0.2) is 77.6 Å². The van der Waals surface area contributed by atoms with Gasteiger partial charge in [0, 0.05) is 38.3 Å². The third-order valence-corrected chi connectivity index (χ3v) is 6.05. The van der Waals surface area contributed by atoms with Gasteiger partial charge in [0.15, 0.2) is 11.5 Å². The average molecular weight is 479 g/mol. The Morgan fingerprint density at radius 3 is 2.51 bits per heavy atom. The SMILES string of the molecule is C/C=C/c1ccc(OCC(O)CN2CCN(Cc3nc(-c4ccc(C)cc4)no3)CC2)c(OC)c1. The van der Waals surface area contributed by atoms with Gasteiger partial charge >= 0.3 is 0 Å². The highest BCUT2D eigenvalue weighted by molar-refractivity contribution is 5.56. The Labute approximate surface area is 206 Å². The number of aliphatic hydroxyl groups excluding tert-OH is 1. The Balaban J connectivity index is 1.20. The van der Waals surface area contributed by atoms with Gasteiger partial charge in [-0.2, -0.15) is 4.98 Å². The molecule has 4 rings (SSSR count). The van der Waals surface area contributed by atoms with Gasteiger partial charge in [-0.15, -0.1) is 0 Å². The molecule has 2 aromatic carbocycles. The van der Waals surface area contributed by atoms with Crippen molar-refractivity contribution in [2.24, 2.45) is 0 Å². The van der Waals surface area contributed by atoms with E-state index in [1.165, 1.54) is 5.56 Å². The van der Waals surface area contributed by atoms with E-state index in [1.807, 2.05) is 61.5 Å². The number of aromatic nitrogens is 2. The van der Waals surface area contributed by atoms with E-state index >= 15 is 0 Å². The second kappa shape index (κ2) is 12.0. The number of benzene rings is 2. The Hall–Kier alpha value is -3.20. The average Bonchev–Trinajstić information content (AvgIpc) is 3.33. The number of allylic oxidation sites excluding steroid dienone is 1. The first-order valence-electron chi connectivity index (χ1n) is 12.0. The molecule has 186 valence electrons. The molecule has 2 heterocycles. The van der Waals surface area contributed by atoms with Gasteiger partial charge in [0.2, 0.25) is 11.7 Å². The van der Waals surface area contributed by atoms with Crippen molar-refractivity contribution in [1.29, 1.82) is 0 Å². The normalized spacial score (nSPS) is 16.0. The number of hydrogen-bond donors (Lipinski definition) is 1. The van der Waals surface area contributed by atoms with Crippen LogP contribution < -0.4 is 9.47 Å². The first-order valence-corrected chi connectivity index (χ1v) is 12.0. The van der Waals surface area contributed by atoms with Crippen molar-refractivity contribution in [3.63, 3.8) is 0 Å². The highest BCUT2D eigenvalue weighted by atomic mass is 16.5. The lowest BCUT2D eigenvalue weighted by molar-refractivity contribution is 0.0421. The summed E-state index contributed by atoms with van der Waals surface area (Å²) in [5.41, 5.74) is 3.20. The molecule has 0 radical (unpaired) electrons. The lowest BCUT2D eigenvalue weighted by atomic mass is 10.1. The summed E-state index contributed by atoms with van der Waals surface area (Å²) in [5.74, 6) is 2.54. The summed E-state index contributed by atoms with van der Waals surface area (Å²) in [6, 6.07) is 13.9. The highest BCUT2D eigenvalue weighted by Gasteiger charge is 2.21. The number of β-amino-alcohol motifs (C(OH)–C–C–N with tert-alkyl or cyclic N) is 1. The van der Waals surface area contributed by atoms with Crippen LogP contribution in [0.5, 0.6) is 11.5 Å². The summed E-state index contributed by atoms with van der Waals surface area (Å²) < 4.78 is 16.7. The number of aliphatic hydroxyl groups is 1. The third-order valence-electron chi connectivity index (χ3n) is 6.05.